The molecule has 1 heterocycles. The maximum absolute atomic E-state index is 13.1. The van der Waals surface area contributed by atoms with Crippen molar-refractivity contribution in [3.63, 3.8) is 0 Å². The number of thiazole rings is 1. The number of ether oxygens (including phenoxy) is 2. The zero-order chi connectivity index (χ0) is 19.4. The fraction of sp³-hybridized carbons (Fsp3) is 0.421. The summed E-state index contributed by atoms with van der Waals surface area (Å²) in [5, 5.41) is 3.30. The number of carbonyl (C=O) groups is 2. The second-order valence-electron chi connectivity index (χ2n) is 6.55. The predicted molar refractivity (Wildman–Crippen MR) is 104 cm³/mol. The summed E-state index contributed by atoms with van der Waals surface area (Å²) in [6.45, 7) is 2.46. The van der Waals surface area contributed by atoms with Crippen LogP contribution in [0.4, 0.5) is 5.13 Å². The predicted octanol–water partition coefficient (Wildman–Crippen LogP) is 2.96. The van der Waals surface area contributed by atoms with Gasteiger partial charge in [-0.15, -0.1) is 11.3 Å². The van der Waals surface area contributed by atoms with E-state index in [4.69, 9.17) is 9.47 Å². The first-order valence-corrected chi connectivity index (χ1v) is 9.54. The Bertz CT molecular complexity index is 810. The average molecular weight is 389 g/mol. The molecule has 0 spiro atoms. The van der Waals surface area contributed by atoms with Gasteiger partial charge in [0.1, 0.15) is 18.0 Å². The van der Waals surface area contributed by atoms with Gasteiger partial charge in [0.15, 0.2) is 5.13 Å². The van der Waals surface area contributed by atoms with E-state index in [1.165, 1.54) is 25.6 Å². The molecule has 3 rings (SSSR count). The molecule has 0 atom stereocenters. The van der Waals surface area contributed by atoms with Crippen LogP contribution >= 0.6 is 11.3 Å². The average Bonchev–Trinajstić information content (AvgIpc) is 3.39. The lowest BCUT2D eigenvalue weighted by molar-refractivity contribution is -0.116. The number of amides is 2. The minimum Gasteiger partial charge on any atom is -0.497 e. The molecule has 144 valence electrons. The van der Waals surface area contributed by atoms with Crippen molar-refractivity contribution in [1.82, 2.24) is 9.88 Å². The first kappa shape index (κ1) is 19.2. The van der Waals surface area contributed by atoms with E-state index in [9.17, 15) is 9.59 Å². The molecule has 27 heavy (non-hydrogen) atoms. The second-order valence-corrected chi connectivity index (χ2v) is 7.79. The molecule has 1 aromatic heterocycles. The third-order valence-corrected chi connectivity index (χ3v) is 5.09. The van der Waals surface area contributed by atoms with Gasteiger partial charge in [-0.1, -0.05) is 0 Å². The monoisotopic (exact) mass is 389 g/mol. The number of aromatic nitrogens is 1. The number of aryl methyl sites for hydroxylation is 1. The number of benzene rings is 1. The van der Waals surface area contributed by atoms with Crippen LogP contribution in [0.5, 0.6) is 11.5 Å². The summed E-state index contributed by atoms with van der Waals surface area (Å²) in [7, 11) is 3.07. The summed E-state index contributed by atoms with van der Waals surface area (Å²) in [6, 6.07) is 5.03. The zero-order valence-corrected chi connectivity index (χ0v) is 16.5. The van der Waals surface area contributed by atoms with Gasteiger partial charge in [-0.2, -0.15) is 0 Å². The Morgan fingerprint density at radius 1 is 1.22 bits per heavy atom. The molecule has 1 fully saturated rings. The second kappa shape index (κ2) is 8.39. The van der Waals surface area contributed by atoms with Crippen molar-refractivity contribution in [1.29, 1.82) is 0 Å². The number of anilines is 1. The molecule has 7 nitrogen and oxygen atoms in total. The van der Waals surface area contributed by atoms with Crippen molar-refractivity contribution in [2.24, 2.45) is 5.92 Å². The fourth-order valence-electron chi connectivity index (χ4n) is 2.69. The van der Waals surface area contributed by atoms with Crippen LogP contribution in [0.15, 0.2) is 24.4 Å². The minimum atomic E-state index is -0.256. The lowest BCUT2D eigenvalue weighted by Gasteiger charge is -2.22. The molecular weight excluding hydrogens is 366 g/mol. The van der Waals surface area contributed by atoms with E-state index >= 15 is 0 Å². The maximum Gasteiger partial charge on any atom is 0.254 e. The molecule has 1 aliphatic carbocycles. The highest BCUT2D eigenvalue weighted by Gasteiger charge is 2.29. The number of methoxy groups -OCH3 is 2. The van der Waals surface area contributed by atoms with Crippen LogP contribution in [0.1, 0.15) is 28.1 Å². The van der Waals surface area contributed by atoms with Crippen LogP contribution in [0.25, 0.3) is 0 Å². The molecule has 0 bridgehead atoms. The first-order chi connectivity index (χ1) is 13.0. The Morgan fingerprint density at radius 2 is 1.89 bits per heavy atom. The fourth-order valence-corrected chi connectivity index (χ4v) is 3.37. The van der Waals surface area contributed by atoms with Gasteiger partial charge in [-0.25, -0.2) is 4.98 Å². The lowest BCUT2D eigenvalue weighted by Crippen LogP contribution is -2.39. The summed E-state index contributed by atoms with van der Waals surface area (Å²) in [5.74, 6) is 1.05. The van der Waals surface area contributed by atoms with Crippen molar-refractivity contribution in [3.05, 3.63) is 34.8 Å². The summed E-state index contributed by atoms with van der Waals surface area (Å²) in [6.07, 6.45) is 3.87. The van der Waals surface area contributed by atoms with E-state index < -0.39 is 0 Å². The van der Waals surface area contributed by atoms with Gasteiger partial charge in [-0.3, -0.25) is 9.59 Å². The van der Waals surface area contributed by atoms with Crippen molar-refractivity contribution in [2.45, 2.75) is 19.8 Å². The highest BCUT2D eigenvalue weighted by molar-refractivity contribution is 7.15. The number of hydrogen-bond acceptors (Lipinski definition) is 6. The van der Waals surface area contributed by atoms with E-state index in [1.54, 1.807) is 29.3 Å². The summed E-state index contributed by atoms with van der Waals surface area (Å²) in [4.78, 5) is 32.2. The highest BCUT2D eigenvalue weighted by atomic mass is 32.1. The molecule has 0 saturated heterocycles. The Balaban J connectivity index is 1.75. The van der Waals surface area contributed by atoms with Gasteiger partial charge in [0.2, 0.25) is 5.91 Å². The standard InChI is InChI=1S/C19H23N3O4S/c1-12-9-20-19(27-12)21-17(23)11-22(10-13-4-5-13)18(24)14-6-15(25-2)8-16(7-14)26-3/h6-9,13H,4-5,10-11H2,1-3H3,(H,20,21,23). The van der Waals surface area contributed by atoms with Crippen LogP contribution in [-0.2, 0) is 4.79 Å². The highest BCUT2D eigenvalue weighted by Crippen LogP contribution is 2.31. The summed E-state index contributed by atoms with van der Waals surface area (Å²) < 4.78 is 10.5. The largest absolute Gasteiger partial charge is 0.497 e. The molecule has 2 aromatic rings. The van der Waals surface area contributed by atoms with Crippen LogP contribution in [0, 0.1) is 12.8 Å². The van der Waals surface area contributed by atoms with E-state index in [0.717, 1.165) is 17.7 Å². The quantitative estimate of drug-likeness (QED) is 0.751. The Kier molecular flexibility index (Phi) is 5.95. The van der Waals surface area contributed by atoms with Gasteiger partial charge in [0, 0.05) is 29.2 Å². The maximum atomic E-state index is 13.1. The minimum absolute atomic E-state index is 0.0204. The number of carbonyl (C=O) groups excluding carboxylic acids is 2. The molecule has 0 aliphatic heterocycles. The SMILES string of the molecule is COc1cc(OC)cc(C(=O)N(CC(=O)Nc2ncc(C)s2)CC2CC2)c1. The Hall–Kier alpha value is -2.61. The Labute approximate surface area is 162 Å². The zero-order valence-electron chi connectivity index (χ0n) is 15.7. The van der Waals surface area contributed by atoms with Crippen LogP contribution in [0.2, 0.25) is 0 Å². The van der Waals surface area contributed by atoms with Gasteiger partial charge >= 0.3 is 0 Å². The molecule has 1 aliphatic rings. The van der Waals surface area contributed by atoms with E-state index in [2.05, 4.69) is 10.3 Å². The molecule has 8 heteroatoms. The number of hydrogen-bond donors (Lipinski definition) is 1. The molecule has 2 amide bonds. The van der Waals surface area contributed by atoms with E-state index in [-0.39, 0.29) is 18.4 Å². The molecule has 0 radical (unpaired) electrons. The Morgan fingerprint density at radius 3 is 2.41 bits per heavy atom. The number of nitrogens with zero attached hydrogens (tertiary/aromatic N) is 2. The van der Waals surface area contributed by atoms with Crippen LogP contribution in [-0.4, -0.2) is 49.0 Å². The summed E-state index contributed by atoms with van der Waals surface area (Å²) in [5.41, 5.74) is 0.435. The van der Waals surface area contributed by atoms with Gasteiger partial charge < -0.3 is 19.7 Å². The van der Waals surface area contributed by atoms with Crippen LogP contribution < -0.4 is 14.8 Å². The topological polar surface area (TPSA) is 80.8 Å². The molecule has 1 aromatic carbocycles. The lowest BCUT2D eigenvalue weighted by atomic mass is 10.1. The molecule has 1 N–H and O–H groups in total. The number of rotatable bonds is 8. The van der Waals surface area contributed by atoms with E-state index in [1.807, 2.05) is 6.92 Å². The first-order valence-electron chi connectivity index (χ1n) is 8.73. The van der Waals surface area contributed by atoms with Crippen molar-refractivity contribution in [2.75, 3.05) is 32.6 Å². The van der Waals surface area contributed by atoms with Crippen LogP contribution in [0.3, 0.4) is 0 Å². The molecule has 0 unspecified atom stereocenters. The van der Waals surface area contributed by atoms with Crippen molar-refractivity contribution >= 4 is 28.3 Å². The molecular formula is C19H23N3O4S. The third-order valence-electron chi connectivity index (χ3n) is 4.26. The molecule has 1 saturated carbocycles. The van der Waals surface area contributed by atoms with E-state index in [0.29, 0.717) is 34.7 Å². The van der Waals surface area contributed by atoms with Crippen molar-refractivity contribution < 1.29 is 19.1 Å². The smallest absolute Gasteiger partial charge is 0.254 e. The normalized spacial score (nSPS) is 13.1. The van der Waals surface area contributed by atoms with Crippen molar-refractivity contribution in [3.8, 4) is 11.5 Å². The number of nitrogens with one attached hydrogen (secondary N) is 1. The van der Waals surface area contributed by atoms with Gasteiger partial charge in [0.05, 0.1) is 14.2 Å². The van der Waals surface area contributed by atoms with Gasteiger partial charge in [0.25, 0.3) is 5.91 Å². The summed E-state index contributed by atoms with van der Waals surface area (Å²) >= 11 is 1.40. The third kappa shape index (κ3) is 5.19. The van der Waals surface area contributed by atoms with Gasteiger partial charge in [-0.05, 0) is 37.8 Å².